The van der Waals surface area contributed by atoms with Crippen LogP contribution in [0.25, 0.3) is 0 Å². The van der Waals surface area contributed by atoms with Crippen molar-refractivity contribution in [2.75, 3.05) is 45.9 Å². The van der Waals surface area contributed by atoms with Gasteiger partial charge in [0.05, 0.1) is 25.9 Å². The number of nitrogens with zero attached hydrogens (tertiary/aromatic N) is 2. The molecule has 1 fully saturated rings. The van der Waals surface area contributed by atoms with Crippen LogP contribution < -0.4 is 10.6 Å². The second kappa shape index (κ2) is 14.1. The van der Waals surface area contributed by atoms with Crippen molar-refractivity contribution in [2.24, 2.45) is 4.99 Å². The van der Waals surface area contributed by atoms with Gasteiger partial charge in [0, 0.05) is 32.7 Å². The molecule has 154 valence electrons. The fourth-order valence-corrected chi connectivity index (χ4v) is 2.78. The number of hydrogen-bond acceptors (Lipinski definition) is 4. The lowest BCUT2D eigenvalue weighted by molar-refractivity contribution is 0.0156. The van der Waals surface area contributed by atoms with Crippen LogP contribution in [-0.4, -0.2) is 68.0 Å². The molecule has 0 amide bonds. The van der Waals surface area contributed by atoms with Crippen molar-refractivity contribution in [1.29, 1.82) is 0 Å². The van der Waals surface area contributed by atoms with E-state index < -0.39 is 6.10 Å². The Labute approximate surface area is 180 Å². The average molecular weight is 490 g/mol. The van der Waals surface area contributed by atoms with Crippen molar-refractivity contribution < 1.29 is 9.84 Å². The summed E-state index contributed by atoms with van der Waals surface area (Å²) in [5.41, 5.74) is 2.43. The molecule has 1 aliphatic rings. The van der Waals surface area contributed by atoms with Gasteiger partial charge in [0.1, 0.15) is 0 Å². The number of β-amino-alcohol motifs (C(OH)–C–C–N with tert-alkyl or cyclic N) is 1. The quantitative estimate of drug-likeness (QED) is 0.214. The summed E-state index contributed by atoms with van der Waals surface area (Å²) in [5, 5.41) is 16.9. The first-order valence-electron chi connectivity index (χ1n) is 9.73. The van der Waals surface area contributed by atoms with Crippen molar-refractivity contribution in [3.8, 4) is 0 Å². The SMILES string of the molecule is CCCCNC(=NCc1ccc(C)cc1)NCC(O)CN1CCOCC1.I. The molecule has 0 radical (unpaired) electrons. The minimum Gasteiger partial charge on any atom is -0.390 e. The summed E-state index contributed by atoms with van der Waals surface area (Å²) >= 11 is 0. The Morgan fingerprint density at radius 1 is 1.22 bits per heavy atom. The van der Waals surface area contributed by atoms with E-state index in [0.29, 0.717) is 19.6 Å². The first-order valence-corrected chi connectivity index (χ1v) is 9.73. The highest BCUT2D eigenvalue weighted by atomic mass is 127. The molecule has 1 saturated heterocycles. The smallest absolute Gasteiger partial charge is 0.191 e. The number of benzene rings is 1. The zero-order valence-corrected chi connectivity index (χ0v) is 18.9. The van der Waals surface area contributed by atoms with E-state index in [2.05, 4.69) is 58.6 Å². The third kappa shape index (κ3) is 10.3. The summed E-state index contributed by atoms with van der Waals surface area (Å²) in [4.78, 5) is 6.90. The summed E-state index contributed by atoms with van der Waals surface area (Å²) in [5.74, 6) is 0.764. The highest BCUT2D eigenvalue weighted by Crippen LogP contribution is 2.04. The zero-order chi connectivity index (χ0) is 18.6. The largest absolute Gasteiger partial charge is 0.390 e. The molecule has 1 aromatic carbocycles. The molecule has 1 aromatic rings. The number of rotatable bonds is 9. The fraction of sp³-hybridized carbons (Fsp3) is 0.650. The first-order chi connectivity index (χ1) is 12.7. The normalized spacial score (nSPS) is 16.5. The Morgan fingerprint density at radius 3 is 2.59 bits per heavy atom. The number of guanidine groups is 1. The fourth-order valence-electron chi connectivity index (χ4n) is 2.78. The maximum atomic E-state index is 10.3. The molecular formula is C20H35IN4O2. The maximum Gasteiger partial charge on any atom is 0.191 e. The first kappa shape index (κ1) is 24.1. The van der Waals surface area contributed by atoms with Crippen LogP contribution in [0.2, 0.25) is 0 Å². The summed E-state index contributed by atoms with van der Waals surface area (Å²) < 4.78 is 5.35. The van der Waals surface area contributed by atoms with Crippen molar-refractivity contribution in [3.05, 3.63) is 35.4 Å². The number of nitrogens with one attached hydrogen (secondary N) is 2. The molecule has 0 bridgehead atoms. The molecule has 0 saturated carbocycles. The lowest BCUT2D eigenvalue weighted by Gasteiger charge is -2.28. The van der Waals surface area contributed by atoms with Crippen LogP contribution in [0.1, 0.15) is 30.9 Å². The Bertz CT molecular complexity index is 533. The Morgan fingerprint density at radius 2 is 1.93 bits per heavy atom. The summed E-state index contributed by atoms with van der Waals surface area (Å²) in [6.45, 7) is 10.2. The van der Waals surface area contributed by atoms with E-state index in [9.17, 15) is 5.11 Å². The van der Waals surface area contributed by atoms with E-state index in [1.807, 2.05) is 0 Å². The number of aliphatic hydroxyl groups excluding tert-OH is 1. The highest BCUT2D eigenvalue weighted by Gasteiger charge is 2.15. The predicted octanol–water partition coefficient (Wildman–Crippen LogP) is 2.14. The molecule has 1 atom stereocenters. The van der Waals surface area contributed by atoms with Gasteiger partial charge in [-0.2, -0.15) is 0 Å². The van der Waals surface area contributed by atoms with Gasteiger partial charge < -0.3 is 20.5 Å². The van der Waals surface area contributed by atoms with Gasteiger partial charge in [-0.1, -0.05) is 43.2 Å². The second-order valence-electron chi connectivity index (χ2n) is 6.88. The van der Waals surface area contributed by atoms with Gasteiger partial charge in [0.15, 0.2) is 5.96 Å². The van der Waals surface area contributed by atoms with Crippen LogP contribution in [-0.2, 0) is 11.3 Å². The van der Waals surface area contributed by atoms with E-state index in [-0.39, 0.29) is 24.0 Å². The molecule has 1 unspecified atom stereocenters. The van der Waals surface area contributed by atoms with Crippen LogP contribution in [0.15, 0.2) is 29.3 Å². The van der Waals surface area contributed by atoms with Crippen LogP contribution in [0, 0.1) is 6.92 Å². The predicted molar refractivity (Wildman–Crippen MR) is 122 cm³/mol. The Kier molecular flexibility index (Phi) is 12.6. The Hall–Kier alpha value is -0.900. The summed E-state index contributed by atoms with van der Waals surface area (Å²) in [7, 11) is 0. The summed E-state index contributed by atoms with van der Waals surface area (Å²) in [6, 6.07) is 8.43. The number of aliphatic imine (C=N–C) groups is 1. The lowest BCUT2D eigenvalue weighted by atomic mass is 10.1. The average Bonchev–Trinajstić information content (AvgIpc) is 2.66. The number of hydrogen-bond donors (Lipinski definition) is 3. The van der Waals surface area contributed by atoms with E-state index in [1.54, 1.807) is 0 Å². The van der Waals surface area contributed by atoms with Gasteiger partial charge in [-0.15, -0.1) is 24.0 Å². The molecular weight excluding hydrogens is 455 g/mol. The molecule has 3 N–H and O–H groups in total. The lowest BCUT2D eigenvalue weighted by Crippen LogP contribution is -2.47. The molecule has 2 rings (SSSR count). The molecule has 7 heteroatoms. The minimum absolute atomic E-state index is 0. The Balaban J connectivity index is 0.00000364. The maximum absolute atomic E-state index is 10.3. The van der Waals surface area contributed by atoms with Crippen molar-refractivity contribution in [1.82, 2.24) is 15.5 Å². The van der Waals surface area contributed by atoms with Gasteiger partial charge in [0.25, 0.3) is 0 Å². The van der Waals surface area contributed by atoms with Crippen LogP contribution in [0.3, 0.4) is 0 Å². The van der Waals surface area contributed by atoms with Crippen LogP contribution in [0.5, 0.6) is 0 Å². The topological polar surface area (TPSA) is 69.1 Å². The molecule has 1 aliphatic heterocycles. The molecule has 0 spiro atoms. The van der Waals surface area contributed by atoms with E-state index in [1.165, 1.54) is 11.1 Å². The number of ether oxygens (including phenoxy) is 1. The number of morpholine rings is 1. The standard InChI is InChI=1S/C20H34N4O2.HI/c1-3-4-9-21-20(22-14-18-7-5-17(2)6-8-18)23-15-19(25)16-24-10-12-26-13-11-24;/h5-8,19,25H,3-4,9-16H2,1-2H3,(H2,21,22,23);1H. The molecule has 6 nitrogen and oxygen atoms in total. The van der Waals surface area contributed by atoms with Gasteiger partial charge in [0.2, 0.25) is 0 Å². The molecule has 0 aliphatic carbocycles. The molecule has 0 aromatic heterocycles. The van der Waals surface area contributed by atoms with Gasteiger partial charge in [-0.25, -0.2) is 4.99 Å². The van der Waals surface area contributed by atoms with Crippen LogP contribution in [0.4, 0.5) is 0 Å². The van der Waals surface area contributed by atoms with E-state index >= 15 is 0 Å². The van der Waals surface area contributed by atoms with E-state index in [0.717, 1.165) is 51.6 Å². The highest BCUT2D eigenvalue weighted by molar-refractivity contribution is 14.0. The van der Waals surface area contributed by atoms with Crippen molar-refractivity contribution in [3.63, 3.8) is 0 Å². The van der Waals surface area contributed by atoms with Crippen molar-refractivity contribution >= 4 is 29.9 Å². The van der Waals surface area contributed by atoms with Crippen molar-refractivity contribution in [2.45, 2.75) is 39.3 Å². The number of halogens is 1. The molecule has 1 heterocycles. The van der Waals surface area contributed by atoms with Gasteiger partial charge in [-0.05, 0) is 18.9 Å². The van der Waals surface area contributed by atoms with Gasteiger partial charge >= 0.3 is 0 Å². The monoisotopic (exact) mass is 490 g/mol. The number of aliphatic hydroxyl groups is 1. The van der Waals surface area contributed by atoms with Gasteiger partial charge in [-0.3, -0.25) is 4.90 Å². The second-order valence-corrected chi connectivity index (χ2v) is 6.88. The number of aryl methyl sites for hydroxylation is 1. The third-order valence-electron chi connectivity index (χ3n) is 4.44. The summed E-state index contributed by atoms with van der Waals surface area (Å²) in [6.07, 6.45) is 1.81. The van der Waals surface area contributed by atoms with E-state index in [4.69, 9.17) is 4.74 Å². The van der Waals surface area contributed by atoms with Crippen LogP contribution >= 0.6 is 24.0 Å². The molecule has 27 heavy (non-hydrogen) atoms. The number of unbranched alkanes of at least 4 members (excludes halogenated alkanes) is 1. The zero-order valence-electron chi connectivity index (χ0n) is 16.6. The minimum atomic E-state index is -0.425. The third-order valence-corrected chi connectivity index (χ3v) is 4.44.